The maximum Gasteiger partial charge on any atom is 0.0178 e. The van der Waals surface area contributed by atoms with Crippen molar-refractivity contribution in [2.45, 2.75) is 24.7 Å². The molecule has 1 heterocycles. The van der Waals surface area contributed by atoms with E-state index in [1.807, 2.05) is 0 Å². The highest BCUT2D eigenvalue weighted by Crippen LogP contribution is 2.63. The third kappa shape index (κ3) is 1.36. The van der Waals surface area contributed by atoms with Crippen LogP contribution in [0.15, 0.2) is 28.7 Å². The first-order valence-corrected chi connectivity index (χ1v) is 7.94. The molecule has 0 aromatic heterocycles. The van der Waals surface area contributed by atoms with Gasteiger partial charge in [-0.15, -0.1) is 0 Å². The number of rotatable bonds is 1. The average Bonchev–Trinajstić information content (AvgIpc) is 2.98. The Balaban J connectivity index is 1.85. The molecule has 1 saturated heterocycles. The van der Waals surface area contributed by atoms with Crippen molar-refractivity contribution in [3.63, 3.8) is 0 Å². The van der Waals surface area contributed by atoms with E-state index in [-0.39, 0.29) is 0 Å². The van der Waals surface area contributed by atoms with Gasteiger partial charge >= 0.3 is 0 Å². The largest absolute Gasteiger partial charge is 0.305 e. The van der Waals surface area contributed by atoms with Gasteiger partial charge in [0, 0.05) is 23.0 Å². The number of halogens is 1. The normalized spacial score (nSPS) is 42.4. The Hall–Kier alpha value is -0.340. The Labute approximate surface area is 118 Å². The lowest BCUT2D eigenvalue weighted by molar-refractivity contribution is 0.223. The smallest absolute Gasteiger partial charge is 0.0178 e. The number of benzene rings is 1. The number of likely N-dealkylation sites (tertiary alicyclic amines) is 1. The lowest BCUT2D eigenvalue weighted by Gasteiger charge is -2.39. The minimum atomic E-state index is 0.474. The van der Waals surface area contributed by atoms with Gasteiger partial charge in [0.15, 0.2) is 0 Å². The van der Waals surface area contributed by atoms with E-state index in [2.05, 4.69) is 52.1 Å². The van der Waals surface area contributed by atoms with Crippen LogP contribution in [0.3, 0.4) is 0 Å². The van der Waals surface area contributed by atoms with Crippen LogP contribution in [0, 0.1) is 17.8 Å². The summed E-state index contributed by atoms with van der Waals surface area (Å²) in [6, 6.07) is 9.13. The molecule has 1 aliphatic heterocycles. The summed E-state index contributed by atoms with van der Waals surface area (Å²) in [6.07, 6.45) is 4.44. The number of fused-ring (bicyclic) bond motifs is 5. The molecule has 3 aliphatic rings. The number of hydrogen-bond acceptors (Lipinski definition) is 1. The van der Waals surface area contributed by atoms with Gasteiger partial charge in [0.05, 0.1) is 0 Å². The molecule has 2 saturated carbocycles. The zero-order valence-corrected chi connectivity index (χ0v) is 12.5. The van der Waals surface area contributed by atoms with Gasteiger partial charge in [-0.25, -0.2) is 0 Å². The summed E-state index contributed by atoms with van der Waals surface area (Å²) < 4.78 is 1.24. The van der Waals surface area contributed by atoms with Gasteiger partial charge in [-0.05, 0) is 61.8 Å². The van der Waals surface area contributed by atoms with Gasteiger partial charge in [0.2, 0.25) is 0 Å². The molecule has 3 fully saturated rings. The van der Waals surface area contributed by atoms with Crippen molar-refractivity contribution in [1.29, 1.82) is 0 Å². The molecule has 96 valence electrons. The van der Waals surface area contributed by atoms with Crippen LogP contribution in [0.5, 0.6) is 0 Å². The van der Waals surface area contributed by atoms with Crippen LogP contribution in [0.2, 0.25) is 0 Å². The summed E-state index contributed by atoms with van der Waals surface area (Å²) in [6.45, 7) is 2.59. The average molecular weight is 306 g/mol. The maximum absolute atomic E-state index is 3.66. The van der Waals surface area contributed by atoms with Gasteiger partial charge in [0.25, 0.3) is 0 Å². The first kappa shape index (κ1) is 11.5. The topological polar surface area (TPSA) is 3.24 Å². The summed E-state index contributed by atoms with van der Waals surface area (Å²) >= 11 is 3.66. The zero-order valence-electron chi connectivity index (χ0n) is 10.9. The van der Waals surface area contributed by atoms with Gasteiger partial charge in [0.1, 0.15) is 0 Å². The molecule has 2 bridgehead atoms. The minimum Gasteiger partial charge on any atom is -0.305 e. The maximum atomic E-state index is 3.66. The highest BCUT2D eigenvalue weighted by atomic mass is 79.9. The highest BCUT2D eigenvalue weighted by Gasteiger charge is 2.61. The standard InChI is InChI=1S/C16H20BrN/c1-18-9-15-11-5-6-13(7-11)16(15,10-18)12-3-2-4-14(17)8-12/h2-4,8,11,13,15H,5-7,9-10H2,1H3. The van der Waals surface area contributed by atoms with Gasteiger partial charge in [-0.1, -0.05) is 28.1 Å². The Morgan fingerprint density at radius 1 is 1.33 bits per heavy atom. The lowest BCUT2D eigenvalue weighted by Crippen LogP contribution is -2.40. The second-order valence-electron chi connectivity index (χ2n) is 6.62. The summed E-state index contributed by atoms with van der Waals surface area (Å²) in [5.74, 6) is 2.85. The molecule has 0 N–H and O–H groups in total. The summed E-state index contributed by atoms with van der Waals surface area (Å²) in [4.78, 5) is 2.57. The Morgan fingerprint density at radius 3 is 3.06 bits per heavy atom. The van der Waals surface area contributed by atoms with Crippen molar-refractivity contribution < 1.29 is 0 Å². The van der Waals surface area contributed by atoms with Crippen LogP contribution in [-0.2, 0) is 5.41 Å². The van der Waals surface area contributed by atoms with Crippen molar-refractivity contribution in [3.05, 3.63) is 34.3 Å². The van der Waals surface area contributed by atoms with E-state index in [1.54, 1.807) is 5.56 Å². The fourth-order valence-electron chi connectivity index (χ4n) is 5.30. The Morgan fingerprint density at radius 2 is 2.22 bits per heavy atom. The Kier molecular flexibility index (Phi) is 2.44. The predicted octanol–water partition coefficient (Wildman–Crippen LogP) is 3.68. The molecule has 1 aromatic rings. The lowest BCUT2D eigenvalue weighted by atomic mass is 9.64. The summed E-state index contributed by atoms with van der Waals surface area (Å²) in [7, 11) is 2.30. The molecular formula is C16H20BrN. The third-order valence-electron chi connectivity index (χ3n) is 5.83. The van der Waals surface area contributed by atoms with Crippen LogP contribution >= 0.6 is 15.9 Å². The van der Waals surface area contributed by atoms with Crippen molar-refractivity contribution >= 4 is 15.9 Å². The van der Waals surface area contributed by atoms with Crippen molar-refractivity contribution in [2.24, 2.45) is 17.8 Å². The molecular weight excluding hydrogens is 286 g/mol. The summed E-state index contributed by atoms with van der Waals surface area (Å²) in [5, 5.41) is 0. The second-order valence-corrected chi connectivity index (χ2v) is 7.54. The van der Waals surface area contributed by atoms with Crippen LogP contribution < -0.4 is 0 Å². The van der Waals surface area contributed by atoms with E-state index >= 15 is 0 Å². The highest BCUT2D eigenvalue weighted by molar-refractivity contribution is 9.10. The monoisotopic (exact) mass is 305 g/mol. The first-order chi connectivity index (χ1) is 8.70. The number of hydrogen-bond donors (Lipinski definition) is 0. The predicted molar refractivity (Wildman–Crippen MR) is 77.6 cm³/mol. The third-order valence-corrected chi connectivity index (χ3v) is 6.33. The van der Waals surface area contributed by atoms with E-state index in [4.69, 9.17) is 0 Å². The Bertz CT molecular complexity index is 486. The van der Waals surface area contributed by atoms with Crippen molar-refractivity contribution in [1.82, 2.24) is 4.90 Å². The molecule has 4 rings (SSSR count). The SMILES string of the molecule is CN1CC2C3CCC(C3)C2(c2cccc(Br)c2)C1. The second kappa shape index (κ2) is 3.83. The molecule has 2 aliphatic carbocycles. The quantitative estimate of drug-likeness (QED) is 0.765. The minimum absolute atomic E-state index is 0.474. The van der Waals surface area contributed by atoms with Crippen molar-refractivity contribution in [2.75, 3.05) is 20.1 Å². The molecule has 1 nitrogen and oxygen atoms in total. The zero-order chi connectivity index (χ0) is 12.3. The molecule has 4 unspecified atom stereocenters. The fourth-order valence-corrected chi connectivity index (χ4v) is 5.70. The number of likely N-dealkylation sites (N-methyl/N-ethyl adjacent to an activating group) is 1. The van der Waals surface area contributed by atoms with E-state index in [0.717, 1.165) is 17.8 Å². The van der Waals surface area contributed by atoms with Gasteiger partial charge in [-0.3, -0.25) is 0 Å². The van der Waals surface area contributed by atoms with E-state index < -0.39 is 0 Å². The molecule has 18 heavy (non-hydrogen) atoms. The molecule has 4 atom stereocenters. The van der Waals surface area contributed by atoms with E-state index in [9.17, 15) is 0 Å². The number of nitrogens with zero attached hydrogens (tertiary/aromatic N) is 1. The van der Waals surface area contributed by atoms with Crippen LogP contribution in [0.1, 0.15) is 24.8 Å². The van der Waals surface area contributed by atoms with Gasteiger partial charge < -0.3 is 4.90 Å². The molecule has 0 spiro atoms. The molecule has 0 radical (unpaired) electrons. The summed E-state index contributed by atoms with van der Waals surface area (Å²) in [5.41, 5.74) is 2.07. The van der Waals surface area contributed by atoms with Crippen LogP contribution in [-0.4, -0.2) is 25.0 Å². The molecule has 0 amide bonds. The fraction of sp³-hybridized carbons (Fsp3) is 0.625. The molecule has 1 aromatic carbocycles. The van der Waals surface area contributed by atoms with Crippen LogP contribution in [0.4, 0.5) is 0 Å². The van der Waals surface area contributed by atoms with Crippen LogP contribution in [0.25, 0.3) is 0 Å². The van der Waals surface area contributed by atoms with Crippen molar-refractivity contribution in [3.8, 4) is 0 Å². The first-order valence-electron chi connectivity index (χ1n) is 7.15. The van der Waals surface area contributed by atoms with E-state index in [0.29, 0.717) is 5.41 Å². The van der Waals surface area contributed by atoms with E-state index in [1.165, 1.54) is 36.8 Å². The molecule has 2 heteroatoms. The van der Waals surface area contributed by atoms with Gasteiger partial charge in [-0.2, -0.15) is 0 Å².